The Bertz CT molecular complexity index is 998. The predicted octanol–water partition coefficient (Wildman–Crippen LogP) is 0.285. The minimum atomic E-state index is -4.40. The first kappa shape index (κ1) is 19.0. The van der Waals surface area contributed by atoms with Crippen LogP contribution in [0.5, 0.6) is 5.75 Å². The van der Waals surface area contributed by atoms with Crippen LogP contribution < -0.4 is 20.4 Å². The number of rotatable bonds is 5. The van der Waals surface area contributed by atoms with Crippen LogP contribution in [-0.2, 0) is 14.8 Å². The van der Waals surface area contributed by atoms with E-state index in [0.29, 0.717) is 0 Å². The van der Waals surface area contributed by atoms with Gasteiger partial charge in [-0.2, -0.15) is 0 Å². The third-order valence-corrected chi connectivity index (χ3v) is 4.55. The summed E-state index contributed by atoms with van der Waals surface area (Å²) in [5.41, 5.74) is 1.11. The van der Waals surface area contributed by atoms with Crippen molar-refractivity contribution in [3.8, 4) is 5.75 Å². The maximum atomic E-state index is 12.4. The van der Waals surface area contributed by atoms with Gasteiger partial charge in [0.15, 0.2) is 5.75 Å². The van der Waals surface area contributed by atoms with Gasteiger partial charge in [-0.15, -0.1) is 0 Å². The minimum absolute atomic E-state index is 0.0494. The van der Waals surface area contributed by atoms with Crippen LogP contribution >= 0.6 is 0 Å². The lowest BCUT2D eigenvalue weighted by molar-refractivity contribution is 0.0596. The van der Waals surface area contributed by atoms with Crippen LogP contribution in [0.15, 0.2) is 52.3 Å². The molecule has 2 N–H and O–H groups in total. The molecular formula is C15H15N3O7S. The molecule has 2 aromatic rings. The van der Waals surface area contributed by atoms with Gasteiger partial charge in [-0.25, -0.2) is 32.8 Å². The molecule has 0 aliphatic carbocycles. The number of ether oxygens (including phenoxy) is 2. The summed E-state index contributed by atoms with van der Waals surface area (Å²) in [7, 11) is -2.03. The molecular weight excluding hydrogens is 366 g/mol. The van der Waals surface area contributed by atoms with E-state index in [1.807, 2.05) is 0 Å². The number of carbonyl (C=O) groups is 2. The molecule has 138 valence electrons. The smallest absolute Gasteiger partial charge is 0.347 e. The molecule has 26 heavy (non-hydrogen) atoms. The number of amides is 2. The highest BCUT2D eigenvalue weighted by Gasteiger charge is 2.24. The number of nitrogens with zero attached hydrogens (tertiary/aromatic N) is 1. The summed E-state index contributed by atoms with van der Waals surface area (Å²) in [6, 6.07) is 6.79. The zero-order valence-corrected chi connectivity index (χ0v) is 14.6. The van der Waals surface area contributed by atoms with Crippen molar-refractivity contribution in [3.05, 3.63) is 58.5 Å². The molecule has 2 amide bonds. The fourth-order valence-electron chi connectivity index (χ4n) is 2.01. The zero-order valence-electron chi connectivity index (χ0n) is 13.8. The van der Waals surface area contributed by atoms with Crippen molar-refractivity contribution in [2.75, 3.05) is 19.6 Å². The average Bonchev–Trinajstić information content (AvgIpc) is 2.62. The fraction of sp³-hybridized carbons (Fsp3) is 0.133. The number of pyridine rings is 1. The van der Waals surface area contributed by atoms with E-state index in [2.05, 4.69) is 10.2 Å². The van der Waals surface area contributed by atoms with E-state index in [4.69, 9.17) is 4.74 Å². The van der Waals surface area contributed by atoms with E-state index in [1.165, 1.54) is 43.6 Å². The van der Waals surface area contributed by atoms with E-state index >= 15 is 0 Å². The number of hydrogen-bond acceptors (Lipinski definition) is 7. The Labute approximate surface area is 148 Å². The Morgan fingerprint density at radius 1 is 1.08 bits per heavy atom. The van der Waals surface area contributed by atoms with E-state index in [-0.39, 0.29) is 11.3 Å². The van der Waals surface area contributed by atoms with Crippen molar-refractivity contribution < 1.29 is 27.5 Å². The van der Waals surface area contributed by atoms with Gasteiger partial charge in [-0.3, -0.25) is 4.79 Å². The molecule has 0 unspecified atom stereocenters. The van der Waals surface area contributed by atoms with Gasteiger partial charge >= 0.3 is 17.6 Å². The van der Waals surface area contributed by atoms with Crippen molar-refractivity contribution in [3.63, 3.8) is 0 Å². The molecule has 0 radical (unpaired) electrons. The molecule has 1 aromatic carbocycles. The van der Waals surface area contributed by atoms with Gasteiger partial charge in [-0.05, 0) is 24.3 Å². The molecule has 1 heterocycles. The quantitative estimate of drug-likeness (QED) is 0.711. The van der Waals surface area contributed by atoms with E-state index in [9.17, 15) is 22.8 Å². The lowest BCUT2D eigenvalue weighted by Crippen LogP contribution is -2.42. The lowest BCUT2D eigenvalue weighted by atomic mass is 10.2. The molecule has 2 rings (SSSR count). The maximum absolute atomic E-state index is 12.4. The predicted molar refractivity (Wildman–Crippen MR) is 90.1 cm³/mol. The summed E-state index contributed by atoms with van der Waals surface area (Å²) in [6.07, 6.45) is 1.21. The van der Waals surface area contributed by atoms with Crippen LogP contribution in [0.4, 0.5) is 4.79 Å². The summed E-state index contributed by atoms with van der Waals surface area (Å²) in [6.45, 7) is 0. The van der Waals surface area contributed by atoms with Gasteiger partial charge in [-0.1, -0.05) is 12.1 Å². The van der Waals surface area contributed by atoms with Crippen molar-refractivity contribution in [2.24, 2.45) is 0 Å². The average molecular weight is 381 g/mol. The molecule has 0 saturated carbocycles. The molecule has 0 saturated heterocycles. The summed E-state index contributed by atoms with van der Waals surface area (Å²) >= 11 is 0. The Morgan fingerprint density at radius 2 is 1.77 bits per heavy atom. The van der Waals surface area contributed by atoms with E-state index in [0.717, 1.165) is 17.9 Å². The minimum Gasteiger partial charge on any atom is -0.491 e. The van der Waals surface area contributed by atoms with Crippen molar-refractivity contribution in [2.45, 2.75) is 4.90 Å². The monoisotopic (exact) mass is 381 g/mol. The van der Waals surface area contributed by atoms with Crippen molar-refractivity contribution in [1.29, 1.82) is 0 Å². The van der Waals surface area contributed by atoms with Crippen LogP contribution in [0.25, 0.3) is 0 Å². The zero-order chi connectivity index (χ0) is 19.3. The van der Waals surface area contributed by atoms with Crippen LogP contribution in [-0.4, -0.2) is 39.3 Å². The highest BCUT2D eigenvalue weighted by atomic mass is 32.2. The van der Waals surface area contributed by atoms with Gasteiger partial charge in [0.2, 0.25) is 0 Å². The first-order valence-corrected chi connectivity index (χ1v) is 8.55. The molecule has 0 fully saturated rings. The summed E-state index contributed by atoms with van der Waals surface area (Å²) in [4.78, 5) is 35.2. The second kappa shape index (κ2) is 7.70. The number of hydrogen-bond donors (Lipinski definition) is 2. The standard InChI is InChI=1S/C15H15N3O7S/c1-24-11-7-5-9-18(13(11)19)16-15(21)17-26(22,23)12-8-4-3-6-10(12)14(20)25-2/h3-9H,1-2H3,(H2,16,17,21). The maximum Gasteiger partial charge on any atom is 0.347 e. The number of sulfonamides is 1. The number of esters is 1. The van der Waals surface area contributed by atoms with Gasteiger partial charge in [0, 0.05) is 6.20 Å². The van der Waals surface area contributed by atoms with Gasteiger partial charge < -0.3 is 9.47 Å². The second-order valence-electron chi connectivity index (χ2n) is 4.79. The van der Waals surface area contributed by atoms with Crippen LogP contribution in [0.1, 0.15) is 10.4 Å². The normalized spacial score (nSPS) is 10.7. The highest BCUT2D eigenvalue weighted by Crippen LogP contribution is 2.16. The first-order valence-electron chi connectivity index (χ1n) is 7.07. The van der Waals surface area contributed by atoms with Crippen molar-refractivity contribution in [1.82, 2.24) is 9.40 Å². The summed E-state index contributed by atoms with van der Waals surface area (Å²) in [5, 5.41) is 0. The Hall–Kier alpha value is -3.34. The lowest BCUT2D eigenvalue weighted by Gasteiger charge is -2.12. The number of aromatic nitrogens is 1. The highest BCUT2D eigenvalue weighted by molar-refractivity contribution is 7.90. The third kappa shape index (κ3) is 4.00. The topological polar surface area (TPSA) is 133 Å². The molecule has 0 bridgehead atoms. The van der Waals surface area contributed by atoms with E-state index < -0.39 is 32.5 Å². The fourth-order valence-corrected chi connectivity index (χ4v) is 3.10. The molecule has 11 heteroatoms. The molecule has 1 aromatic heterocycles. The number of urea groups is 1. The number of carbonyl (C=O) groups excluding carboxylic acids is 2. The van der Waals surface area contributed by atoms with Crippen LogP contribution in [0.2, 0.25) is 0 Å². The Kier molecular flexibility index (Phi) is 5.62. The van der Waals surface area contributed by atoms with Crippen LogP contribution in [0, 0.1) is 0 Å². The SMILES string of the molecule is COC(=O)c1ccccc1S(=O)(=O)NC(=O)Nn1cccc(OC)c1=O. The molecule has 10 nitrogen and oxygen atoms in total. The molecule has 0 atom stereocenters. The first-order chi connectivity index (χ1) is 12.3. The number of nitrogens with one attached hydrogen (secondary N) is 2. The molecule has 0 spiro atoms. The largest absolute Gasteiger partial charge is 0.491 e. The molecule has 0 aliphatic rings. The second-order valence-corrected chi connectivity index (χ2v) is 6.44. The van der Waals surface area contributed by atoms with Crippen molar-refractivity contribution >= 4 is 22.0 Å². The van der Waals surface area contributed by atoms with E-state index in [1.54, 1.807) is 4.72 Å². The summed E-state index contributed by atoms with van der Waals surface area (Å²) in [5.74, 6) is -0.929. The Balaban J connectivity index is 2.27. The third-order valence-electron chi connectivity index (χ3n) is 3.16. The van der Waals surface area contributed by atoms with Gasteiger partial charge in [0.25, 0.3) is 10.0 Å². The summed E-state index contributed by atoms with van der Waals surface area (Å²) < 4.78 is 36.6. The van der Waals surface area contributed by atoms with Crippen LogP contribution in [0.3, 0.4) is 0 Å². The number of methoxy groups -OCH3 is 2. The molecule has 0 aliphatic heterocycles. The number of benzene rings is 1. The Morgan fingerprint density at radius 3 is 2.42 bits per heavy atom. The van der Waals surface area contributed by atoms with Gasteiger partial charge in [0.1, 0.15) is 4.90 Å². The van der Waals surface area contributed by atoms with Gasteiger partial charge in [0.05, 0.1) is 19.8 Å².